The van der Waals surface area contributed by atoms with Crippen LogP contribution in [0.15, 0.2) is 0 Å². The monoisotopic (exact) mass is 326 g/mol. The molecule has 0 unspecified atom stereocenters. The summed E-state index contributed by atoms with van der Waals surface area (Å²) in [6.45, 7) is 0. The number of hydrogen-bond donors (Lipinski definition) is 2. The molecule has 0 radical (unpaired) electrons. The van der Waals surface area contributed by atoms with Crippen LogP contribution in [0.1, 0.15) is 0 Å². The molecule has 9 nitrogen and oxygen atoms in total. The van der Waals surface area contributed by atoms with E-state index in [0.29, 0.717) is 0 Å². The SMILES string of the molecule is O.O=S(=O)(O)O.O=S(=O)([O-])[O-].[Cd+2]. The van der Waals surface area contributed by atoms with Gasteiger partial charge in [0, 0.05) is 10.4 Å². The van der Waals surface area contributed by atoms with Gasteiger partial charge in [-0.1, -0.05) is 0 Å². The molecule has 0 heterocycles. The quantitative estimate of drug-likeness (QED) is 0.271. The molecule has 0 aromatic heterocycles. The summed E-state index contributed by atoms with van der Waals surface area (Å²) in [6, 6.07) is 0. The second-order valence-electron chi connectivity index (χ2n) is 0.856. The Morgan fingerprint density at radius 1 is 0.917 bits per heavy atom. The normalized spacial score (nSPS) is 9.67. The van der Waals surface area contributed by atoms with E-state index in [2.05, 4.69) is 0 Å². The molecule has 4 N–H and O–H groups in total. The Bertz CT molecular complexity index is 209. The van der Waals surface area contributed by atoms with Gasteiger partial charge >= 0.3 is 37.7 Å². The Labute approximate surface area is 88.4 Å². The third-order valence-electron chi connectivity index (χ3n) is 0. The maximum Gasteiger partial charge on any atom is 2.00 e. The van der Waals surface area contributed by atoms with Gasteiger partial charge < -0.3 is 14.6 Å². The topological polar surface area (TPSA) is 186 Å². The van der Waals surface area contributed by atoms with Crippen molar-refractivity contribution < 1.29 is 67.8 Å². The van der Waals surface area contributed by atoms with Gasteiger partial charge in [-0.25, -0.2) is 0 Å². The summed E-state index contributed by atoms with van der Waals surface area (Å²) < 4.78 is 65.7. The Balaban J connectivity index is -0.0000000457. The van der Waals surface area contributed by atoms with Crippen molar-refractivity contribution in [3.8, 4) is 0 Å². The van der Waals surface area contributed by atoms with Crippen LogP contribution >= 0.6 is 0 Å². The maximum absolute atomic E-state index is 8.74. The summed E-state index contributed by atoms with van der Waals surface area (Å²) >= 11 is 0. The zero-order chi connectivity index (χ0) is 9.00. The van der Waals surface area contributed by atoms with Crippen molar-refractivity contribution in [1.82, 2.24) is 0 Å². The first-order chi connectivity index (χ1) is 4.00. The summed E-state index contributed by atoms with van der Waals surface area (Å²) in [5.74, 6) is 0. The minimum absolute atomic E-state index is 0. The van der Waals surface area contributed by atoms with E-state index in [1.54, 1.807) is 0 Å². The molecule has 72 valence electrons. The Morgan fingerprint density at radius 3 is 0.917 bits per heavy atom. The average molecular weight is 325 g/mol. The second-order valence-corrected chi connectivity index (χ2v) is 2.57. The van der Waals surface area contributed by atoms with Crippen LogP contribution < -0.4 is 0 Å². The fraction of sp³-hybridized carbons (Fsp3) is 0. The molecule has 0 saturated carbocycles. The summed E-state index contributed by atoms with van der Waals surface area (Å²) in [5.41, 5.74) is 0. The van der Waals surface area contributed by atoms with E-state index in [4.69, 9.17) is 35.0 Å². The molecule has 0 aromatic rings. The fourth-order valence-corrected chi connectivity index (χ4v) is 0. The van der Waals surface area contributed by atoms with Crippen LogP contribution in [0.5, 0.6) is 0 Å². The minimum Gasteiger partial charge on any atom is -0.759 e. The van der Waals surface area contributed by atoms with Gasteiger partial charge in [0.2, 0.25) is 0 Å². The third-order valence-corrected chi connectivity index (χ3v) is 0. The van der Waals surface area contributed by atoms with Crippen LogP contribution in [-0.4, -0.2) is 40.5 Å². The van der Waals surface area contributed by atoms with Gasteiger partial charge in [-0.05, 0) is 0 Å². The second kappa shape index (κ2) is 8.23. The van der Waals surface area contributed by atoms with Crippen LogP contribution in [0.25, 0.3) is 0 Å². The standard InChI is InChI=1S/Cd.2H2O4S.H2O/c;2*1-5(2,3)4;/h;2*(H2,1,2,3,4);1H2/q+2;;;/p-2. The largest absolute Gasteiger partial charge is 2.00 e. The van der Waals surface area contributed by atoms with Crippen LogP contribution in [0.3, 0.4) is 0 Å². The molecule has 0 rings (SSSR count). The van der Waals surface area contributed by atoms with Crippen molar-refractivity contribution in [3.05, 3.63) is 0 Å². The van der Waals surface area contributed by atoms with Crippen molar-refractivity contribution >= 4 is 20.8 Å². The smallest absolute Gasteiger partial charge is 0.759 e. The van der Waals surface area contributed by atoms with E-state index in [0.717, 1.165) is 0 Å². The summed E-state index contributed by atoms with van der Waals surface area (Å²) in [5, 5.41) is 0. The Kier molecular flexibility index (Phi) is 15.7. The van der Waals surface area contributed by atoms with Gasteiger partial charge in [0.05, 0.1) is 0 Å². The Morgan fingerprint density at radius 2 is 0.917 bits per heavy atom. The van der Waals surface area contributed by atoms with E-state index in [-0.39, 0.29) is 32.8 Å². The predicted molar refractivity (Wildman–Crippen MR) is 28.3 cm³/mol. The molecule has 0 saturated heterocycles. The molecule has 0 aromatic carbocycles. The van der Waals surface area contributed by atoms with Gasteiger partial charge in [-0.3, -0.25) is 17.5 Å². The van der Waals surface area contributed by atoms with Gasteiger partial charge in [0.1, 0.15) is 0 Å². The van der Waals surface area contributed by atoms with Crippen molar-refractivity contribution in [1.29, 1.82) is 0 Å². The van der Waals surface area contributed by atoms with E-state index in [9.17, 15) is 0 Å². The van der Waals surface area contributed by atoms with Crippen molar-refractivity contribution in [2.24, 2.45) is 0 Å². The Hall–Kier alpha value is 0.622. The van der Waals surface area contributed by atoms with E-state index in [1.807, 2.05) is 0 Å². The molecule has 0 fully saturated rings. The van der Waals surface area contributed by atoms with Crippen LogP contribution in [0.4, 0.5) is 0 Å². The third kappa shape index (κ3) is 2540. The molecule has 0 bridgehead atoms. The molecule has 0 aliphatic carbocycles. The zero-order valence-electron chi connectivity index (χ0n) is 5.37. The molecule has 0 atom stereocenters. The minimum atomic E-state index is -5.17. The summed E-state index contributed by atoms with van der Waals surface area (Å²) in [7, 11) is -9.83. The van der Waals surface area contributed by atoms with Crippen molar-refractivity contribution in [3.63, 3.8) is 0 Å². The maximum atomic E-state index is 8.74. The van der Waals surface area contributed by atoms with Crippen molar-refractivity contribution in [2.75, 3.05) is 0 Å². The first kappa shape index (κ1) is 22.9. The van der Waals surface area contributed by atoms with E-state index in [1.165, 1.54) is 0 Å². The molecular weight excluding hydrogens is 321 g/mol. The molecule has 0 aliphatic heterocycles. The van der Waals surface area contributed by atoms with Gasteiger partial charge in [0.25, 0.3) is 0 Å². The molecule has 12 heteroatoms. The molecule has 0 spiro atoms. The van der Waals surface area contributed by atoms with Gasteiger partial charge in [-0.15, -0.1) is 0 Å². The van der Waals surface area contributed by atoms with E-state index < -0.39 is 20.8 Å². The van der Waals surface area contributed by atoms with Crippen LogP contribution in [0, 0.1) is 0 Å². The summed E-state index contributed by atoms with van der Waals surface area (Å²) in [6.07, 6.45) is 0. The van der Waals surface area contributed by atoms with Crippen LogP contribution in [0.2, 0.25) is 0 Å². The van der Waals surface area contributed by atoms with Gasteiger partial charge in [-0.2, -0.15) is 8.42 Å². The van der Waals surface area contributed by atoms with Gasteiger partial charge in [0.15, 0.2) is 0 Å². The zero-order valence-corrected chi connectivity index (χ0v) is 11.0. The molecule has 0 amide bonds. The molecule has 12 heavy (non-hydrogen) atoms. The summed E-state index contributed by atoms with van der Waals surface area (Å²) in [4.78, 5) is 0. The van der Waals surface area contributed by atoms with Crippen LogP contribution in [-0.2, 0) is 48.1 Å². The first-order valence-corrected chi connectivity index (χ1v) is 4.10. The van der Waals surface area contributed by atoms with E-state index >= 15 is 0 Å². The molecule has 0 aliphatic rings. The van der Waals surface area contributed by atoms with Crippen molar-refractivity contribution in [2.45, 2.75) is 0 Å². The predicted octanol–water partition coefficient (Wildman–Crippen LogP) is -2.82. The number of hydrogen-bond acceptors (Lipinski definition) is 6. The first-order valence-electron chi connectivity index (χ1n) is 1.37. The fourth-order valence-electron chi connectivity index (χ4n) is 0. The average Bonchev–Trinajstić information content (AvgIpc) is 1.12. The number of rotatable bonds is 0. The molecular formula is H4CdO9S2.